The first-order valence-electron chi connectivity index (χ1n) is 10.5. The van der Waals surface area contributed by atoms with E-state index in [2.05, 4.69) is 15.3 Å². The first kappa shape index (κ1) is 21.0. The normalized spacial score (nSPS) is 21.1. The quantitative estimate of drug-likeness (QED) is 0.546. The molecule has 1 aliphatic heterocycles. The van der Waals surface area contributed by atoms with Crippen LogP contribution in [0.1, 0.15) is 47.4 Å². The monoisotopic (exact) mass is 460 g/mol. The fourth-order valence-electron chi connectivity index (χ4n) is 4.71. The van der Waals surface area contributed by atoms with Crippen LogP contribution in [0, 0.1) is 0 Å². The molecule has 0 bridgehead atoms. The summed E-state index contributed by atoms with van der Waals surface area (Å²) in [7, 11) is 0. The number of fused-ring (bicyclic) bond motifs is 2. The molecule has 2 aromatic heterocycles. The highest BCUT2D eigenvalue weighted by Crippen LogP contribution is 2.36. The Morgan fingerprint density at radius 1 is 1.16 bits per heavy atom. The second kappa shape index (κ2) is 7.92. The molecule has 0 spiro atoms. The molecule has 3 aromatic rings. The maximum absolute atomic E-state index is 13.4. The van der Waals surface area contributed by atoms with Crippen molar-refractivity contribution < 1.29 is 18.0 Å². The number of carbonyl (C=O) groups excluding carboxylic acids is 1. The third kappa shape index (κ3) is 3.88. The van der Waals surface area contributed by atoms with Crippen molar-refractivity contribution >= 4 is 34.1 Å². The van der Waals surface area contributed by atoms with Crippen molar-refractivity contribution in [2.45, 2.75) is 50.5 Å². The van der Waals surface area contributed by atoms with E-state index >= 15 is 0 Å². The summed E-state index contributed by atoms with van der Waals surface area (Å²) in [5.74, 6) is -0.0771. The zero-order valence-electron chi connectivity index (χ0n) is 17.0. The van der Waals surface area contributed by atoms with Crippen LogP contribution in [-0.4, -0.2) is 32.9 Å². The molecule has 0 saturated heterocycles. The van der Waals surface area contributed by atoms with Gasteiger partial charge in [-0.2, -0.15) is 13.2 Å². The second-order valence-corrected chi connectivity index (χ2v) is 8.76. The smallest absolute Gasteiger partial charge is 0.382 e. The van der Waals surface area contributed by atoms with E-state index in [-0.39, 0.29) is 23.5 Å². The van der Waals surface area contributed by atoms with Gasteiger partial charge in [0.15, 0.2) is 0 Å². The lowest BCUT2D eigenvalue weighted by atomic mass is 9.89. The minimum atomic E-state index is -4.56. The molecule has 2 atom stereocenters. The third-order valence-corrected chi connectivity index (χ3v) is 6.44. The van der Waals surface area contributed by atoms with E-state index in [4.69, 9.17) is 11.6 Å². The Hall–Kier alpha value is -2.87. The summed E-state index contributed by atoms with van der Waals surface area (Å²) in [6.07, 6.45) is 0.227. The zero-order chi connectivity index (χ0) is 22.5. The van der Waals surface area contributed by atoms with Gasteiger partial charge in [0.1, 0.15) is 11.4 Å². The highest BCUT2D eigenvalue weighted by atomic mass is 35.5. The molecular weight excluding hydrogens is 441 g/mol. The van der Waals surface area contributed by atoms with E-state index < -0.39 is 11.9 Å². The summed E-state index contributed by atoms with van der Waals surface area (Å²) in [4.78, 5) is 22.6. The largest absolute Gasteiger partial charge is 0.433 e. The summed E-state index contributed by atoms with van der Waals surface area (Å²) in [5, 5.41) is 4.27. The van der Waals surface area contributed by atoms with Crippen LogP contribution in [0.3, 0.4) is 0 Å². The van der Waals surface area contributed by atoms with Gasteiger partial charge in [-0.15, -0.1) is 0 Å². The lowest BCUT2D eigenvalue weighted by Gasteiger charge is -2.36. The van der Waals surface area contributed by atoms with Gasteiger partial charge in [-0.3, -0.25) is 9.78 Å². The fraction of sp³-hybridized carbons (Fsp3) is 0.348. The van der Waals surface area contributed by atoms with Crippen LogP contribution in [-0.2, 0) is 12.7 Å². The molecule has 1 saturated carbocycles. The van der Waals surface area contributed by atoms with Crippen molar-refractivity contribution in [3.05, 3.63) is 64.6 Å². The van der Waals surface area contributed by atoms with Crippen molar-refractivity contribution in [1.82, 2.24) is 14.9 Å². The first-order chi connectivity index (χ1) is 15.3. The second-order valence-electron chi connectivity index (χ2n) is 8.32. The van der Waals surface area contributed by atoms with Crippen LogP contribution in [0.15, 0.2) is 42.6 Å². The summed E-state index contributed by atoms with van der Waals surface area (Å²) >= 11 is 6.10. The number of rotatable bonds is 3. The number of hydrogen-bond donors (Lipinski definition) is 1. The van der Waals surface area contributed by atoms with Gasteiger partial charge in [-0.05, 0) is 56.0 Å². The number of halogens is 4. The van der Waals surface area contributed by atoms with Gasteiger partial charge in [0, 0.05) is 46.5 Å². The molecular formula is C23H20ClF3N4O. The van der Waals surface area contributed by atoms with Gasteiger partial charge < -0.3 is 10.2 Å². The predicted molar refractivity (Wildman–Crippen MR) is 116 cm³/mol. The van der Waals surface area contributed by atoms with E-state index in [1.165, 1.54) is 12.1 Å². The topological polar surface area (TPSA) is 58.1 Å². The fourth-order valence-corrected chi connectivity index (χ4v) is 4.88. The average Bonchev–Trinajstić information content (AvgIpc) is 3.10. The molecule has 0 radical (unpaired) electrons. The number of benzene rings is 1. The highest BCUT2D eigenvalue weighted by Gasteiger charge is 2.37. The van der Waals surface area contributed by atoms with Crippen molar-refractivity contribution in [2.24, 2.45) is 0 Å². The summed E-state index contributed by atoms with van der Waals surface area (Å²) < 4.78 is 40.3. The lowest BCUT2D eigenvalue weighted by molar-refractivity contribution is -0.140. The number of pyridine rings is 2. The molecule has 2 aliphatic rings. The van der Waals surface area contributed by atoms with Crippen molar-refractivity contribution in [3.8, 4) is 0 Å². The minimum absolute atomic E-state index is 0.00160. The number of nitrogens with one attached hydrogen (secondary N) is 1. The molecule has 1 amide bonds. The molecule has 166 valence electrons. The van der Waals surface area contributed by atoms with Gasteiger partial charge in [0.25, 0.3) is 5.91 Å². The lowest BCUT2D eigenvalue weighted by Crippen LogP contribution is -2.42. The number of hydrogen-bond acceptors (Lipinski definition) is 4. The van der Waals surface area contributed by atoms with Crippen molar-refractivity contribution in [3.63, 3.8) is 0 Å². The molecule has 5 nitrogen and oxygen atoms in total. The molecule has 3 heterocycles. The van der Waals surface area contributed by atoms with E-state index in [0.29, 0.717) is 34.8 Å². The Kier molecular flexibility index (Phi) is 5.20. The highest BCUT2D eigenvalue weighted by molar-refractivity contribution is 6.31. The molecule has 9 heteroatoms. The van der Waals surface area contributed by atoms with E-state index in [0.717, 1.165) is 30.9 Å². The maximum Gasteiger partial charge on any atom is 0.433 e. The standard InChI is InChI=1S/C23H20ClF3N4O/c24-14-6-7-18-17(9-14)19(11-20(30-18)23(25,26)27)29-15-4-1-5-16(10-15)31-12-13-3-2-8-28-21(13)22(31)32/h2-3,6-9,11,15-16H,1,4-5,10,12H2,(H,29,30)/t15-,16+/m0/s1. The van der Waals surface area contributed by atoms with Crippen LogP contribution in [0.25, 0.3) is 10.9 Å². The van der Waals surface area contributed by atoms with Crippen LogP contribution in [0.5, 0.6) is 0 Å². The van der Waals surface area contributed by atoms with Gasteiger partial charge >= 0.3 is 6.18 Å². The number of aromatic nitrogens is 2. The SMILES string of the molecule is O=C1c2ncccc2CN1[C@@H]1CCC[C@H](Nc2cc(C(F)(F)F)nc3ccc(Cl)cc23)C1. The van der Waals surface area contributed by atoms with E-state index in [1.807, 2.05) is 17.0 Å². The summed E-state index contributed by atoms with van der Waals surface area (Å²) in [6, 6.07) is 9.34. The molecule has 5 rings (SSSR count). The van der Waals surface area contributed by atoms with E-state index in [9.17, 15) is 18.0 Å². The molecule has 1 fully saturated rings. The molecule has 0 unspecified atom stereocenters. The Morgan fingerprint density at radius 2 is 2.00 bits per heavy atom. The van der Waals surface area contributed by atoms with Crippen LogP contribution in [0.4, 0.5) is 18.9 Å². The van der Waals surface area contributed by atoms with Crippen LogP contribution < -0.4 is 5.32 Å². The number of alkyl halides is 3. The average molecular weight is 461 g/mol. The molecule has 1 aliphatic carbocycles. The first-order valence-corrected chi connectivity index (χ1v) is 10.9. The number of anilines is 1. The zero-order valence-corrected chi connectivity index (χ0v) is 17.7. The summed E-state index contributed by atoms with van der Waals surface area (Å²) in [5.41, 5.74) is 1.05. The van der Waals surface area contributed by atoms with Crippen molar-refractivity contribution in [2.75, 3.05) is 5.32 Å². The Balaban J connectivity index is 1.41. The predicted octanol–water partition coefficient (Wildman–Crippen LogP) is 5.68. The number of nitrogens with zero attached hydrogens (tertiary/aromatic N) is 3. The third-order valence-electron chi connectivity index (χ3n) is 6.20. The number of amides is 1. The molecule has 1 N–H and O–H groups in total. The maximum atomic E-state index is 13.4. The van der Waals surface area contributed by atoms with Gasteiger partial charge in [0.05, 0.1) is 5.52 Å². The Morgan fingerprint density at radius 3 is 2.78 bits per heavy atom. The minimum Gasteiger partial charge on any atom is -0.382 e. The van der Waals surface area contributed by atoms with Crippen molar-refractivity contribution in [1.29, 1.82) is 0 Å². The number of carbonyl (C=O) groups is 1. The van der Waals surface area contributed by atoms with Crippen LogP contribution >= 0.6 is 11.6 Å². The molecule has 1 aromatic carbocycles. The van der Waals surface area contributed by atoms with E-state index in [1.54, 1.807) is 12.3 Å². The van der Waals surface area contributed by atoms with Gasteiger partial charge in [-0.1, -0.05) is 17.7 Å². The Bertz CT molecular complexity index is 1200. The molecule has 32 heavy (non-hydrogen) atoms. The summed E-state index contributed by atoms with van der Waals surface area (Å²) in [6.45, 7) is 0.519. The Labute approximate surface area is 187 Å². The van der Waals surface area contributed by atoms with Gasteiger partial charge in [-0.25, -0.2) is 4.98 Å². The van der Waals surface area contributed by atoms with Crippen LogP contribution in [0.2, 0.25) is 5.02 Å². The van der Waals surface area contributed by atoms with Gasteiger partial charge in [0.2, 0.25) is 0 Å².